The highest BCUT2D eigenvalue weighted by atomic mass is 16.5. The molecule has 20 heavy (non-hydrogen) atoms. The lowest BCUT2D eigenvalue weighted by molar-refractivity contribution is 0.0829. The summed E-state index contributed by atoms with van der Waals surface area (Å²) in [5.41, 5.74) is 5.12. The highest BCUT2D eigenvalue weighted by molar-refractivity contribution is 5.58. The molecular weight excluding hydrogens is 248 g/mol. The Labute approximate surface area is 119 Å². The summed E-state index contributed by atoms with van der Waals surface area (Å²) in [4.78, 5) is 4.12. The van der Waals surface area contributed by atoms with Gasteiger partial charge in [-0.25, -0.2) is 0 Å². The van der Waals surface area contributed by atoms with Gasteiger partial charge in [-0.15, -0.1) is 0 Å². The third-order valence-corrected chi connectivity index (χ3v) is 4.46. The molecule has 0 spiro atoms. The third kappa shape index (κ3) is 1.81. The Bertz CT molecular complexity index is 626. The van der Waals surface area contributed by atoms with E-state index in [1.807, 2.05) is 12.4 Å². The van der Waals surface area contributed by atoms with E-state index in [4.69, 9.17) is 4.74 Å². The Morgan fingerprint density at radius 2 is 2.05 bits per heavy atom. The quantitative estimate of drug-likeness (QED) is 0.855. The van der Waals surface area contributed by atoms with Crippen LogP contribution in [0.2, 0.25) is 0 Å². The fourth-order valence-corrected chi connectivity index (χ4v) is 3.49. The zero-order chi connectivity index (χ0) is 13.5. The molecule has 2 aromatic rings. The molecule has 0 saturated carbocycles. The van der Waals surface area contributed by atoms with E-state index < -0.39 is 0 Å². The lowest BCUT2D eigenvalue weighted by Crippen LogP contribution is -2.29. The van der Waals surface area contributed by atoms with E-state index >= 15 is 0 Å². The summed E-state index contributed by atoms with van der Waals surface area (Å²) in [6, 6.07) is 11.1. The molecule has 3 nitrogen and oxygen atoms in total. The van der Waals surface area contributed by atoms with Gasteiger partial charge in [0, 0.05) is 36.2 Å². The molecule has 0 aliphatic carbocycles. The molecule has 3 atom stereocenters. The first-order chi connectivity index (χ1) is 9.83. The van der Waals surface area contributed by atoms with Crippen LogP contribution in [-0.2, 0) is 4.74 Å². The molecule has 0 bridgehead atoms. The molecule has 2 aliphatic heterocycles. The highest BCUT2D eigenvalue weighted by Gasteiger charge is 2.41. The molecular formula is C17H18N2O. The molecule has 2 aliphatic rings. The predicted octanol–water partition coefficient (Wildman–Crippen LogP) is 3.63. The largest absolute Gasteiger partial charge is 0.378 e. The molecule has 102 valence electrons. The van der Waals surface area contributed by atoms with Crippen LogP contribution in [0.4, 0.5) is 5.69 Å². The Kier molecular flexibility index (Phi) is 2.74. The van der Waals surface area contributed by atoms with Gasteiger partial charge in [0.15, 0.2) is 0 Å². The smallest absolute Gasteiger partial charge is 0.0896 e. The van der Waals surface area contributed by atoms with E-state index in [2.05, 4.69) is 47.6 Å². The fraction of sp³-hybridized carbons (Fsp3) is 0.353. The second-order valence-corrected chi connectivity index (χ2v) is 5.74. The number of aryl methyl sites for hydroxylation is 1. The summed E-state index contributed by atoms with van der Waals surface area (Å²) >= 11 is 0. The minimum Gasteiger partial charge on any atom is -0.378 e. The number of pyridine rings is 1. The van der Waals surface area contributed by atoms with Crippen molar-refractivity contribution in [1.82, 2.24) is 4.98 Å². The summed E-state index contributed by atoms with van der Waals surface area (Å²) < 4.78 is 6.03. The van der Waals surface area contributed by atoms with Gasteiger partial charge >= 0.3 is 0 Å². The first kappa shape index (κ1) is 11.9. The second kappa shape index (κ2) is 4.60. The van der Waals surface area contributed by atoms with Crippen LogP contribution >= 0.6 is 0 Å². The number of fused-ring (bicyclic) bond motifs is 3. The van der Waals surface area contributed by atoms with Crippen LogP contribution in [0.1, 0.15) is 35.3 Å². The molecule has 1 saturated heterocycles. The van der Waals surface area contributed by atoms with Crippen molar-refractivity contribution in [2.75, 3.05) is 11.9 Å². The van der Waals surface area contributed by atoms with Crippen molar-refractivity contribution in [3.05, 3.63) is 59.4 Å². The summed E-state index contributed by atoms with van der Waals surface area (Å²) in [5, 5.41) is 3.70. The molecule has 1 aromatic heterocycles. The van der Waals surface area contributed by atoms with Crippen molar-refractivity contribution in [2.24, 2.45) is 5.92 Å². The number of ether oxygens (including phenoxy) is 1. The van der Waals surface area contributed by atoms with Gasteiger partial charge < -0.3 is 10.1 Å². The minimum atomic E-state index is 0.226. The zero-order valence-corrected chi connectivity index (χ0v) is 11.5. The van der Waals surface area contributed by atoms with Crippen LogP contribution in [0.5, 0.6) is 0 Å². The van der Waals surface area contributed by atoms with E-state index in [0.29, 0.717) is 12.0 Å². The van der Waals surface area contributed by atoms with Crippen molar-refractivity contribution in [1.29, 1.82) is 0 Å². The number of hydrogen-bond donors (Lipinski definition) is 1. The van der Waals surface area contributed by atoms with Crippen molar-refractivity contribution < 1.29 is 4.74 Å². The van der Waals surface area contributed by atoms with E-state index in [0.717, 1.165) is 13.0 Å². The van der Waals surface area contributed by atoms with Crippen molar-refractivity contribution >= 4 is 5.69 Å². The summed E-state index contributed by atoms with van der Waals surface area (Å²) in [6.07, 6.45) is 5.07. The Morgan fingerprint density at radius 1 is 1.20 bits per heavy atom. The SMILES string of the molecule is Cc1ccc2c(c1)[C@H]1OCC[C@@H]1[C@H](c1ccncc1)N2. The first-order valence-corrected chi connectivity index (χ1v) is 7.21. The molecule has 1 aromatic carbocycles. The topological polar surface area (TPSA) is 34.1 Å². The van der Waals surface area contributed by atoms with Crippen LogP contribution in [0.15, 0.2) is 42.7 Å². The molecule has 0 radical (unpaired) electrons. The zero-order valence-electron chi connectivity index (χ0n) is 11.5. The number of benzene rings is 1. The molecule has 4 rings (SSSR count). The van der Waals surface area contributed by atoms with Gasteiger partial charge in [-0.3, -0.25) is 4.98 Å². The van der Waals surface area contributed by atoms with E-state index in [1.165, 1.54) is 22.4 Å². The minimum absolute atomic E-state index is 0.226. The maximum absolute atomic E-state index is 6.03. The van der Waals surface area contributed by atoms with Crippen molar-refractivity contribution in [3.8, 4) is 0 Å². The van der Waals surface area contributed by atoms with Gasteiger partial charge in [0.05, 0.1) is 12.1 Å². The molecule has 3 heterocycles. The van der Waals surface area contributed by atoms with Crippen LogP contribution in [0.3, 0.4) is 0 Å². The van der Waals surface area contributed by atoms with Crippen molar-refractivity contribution in [2.45, 2.75) is 25.5 Å². The van der Waals surface area contributed by atoms with Crippen LogP contribution in [-0.4, -0.2) is 11.6 Å². The van der Waals surface area contributed by atoms with Gasteiger partial charge in [-0.1, -0.05) is 17.7 Å². The monoisotopic (exact) mass is 266 g/mol. The van der Waals surface area contributed by atoms with E-state index in [1.54, 1.807) is 0 Å². The number of anilines is 1. The molecule has 0 unspecified atom stereocenters. The Balaban J connectivity index is 1.79. The first-order valence-electron chi connectivity index (χ1n) is 7.21. The van der Waals surface area contributed by atoms with Gasteiger partial charge in [-0.2, -0.15) is 0 Å². The molecule has 0 amide bonds. The number of hydrogen-bond acceptors (Lipinski definition) is 3. The Morgan fingerprint density at radius 3 is 2.90 bits per heavy atom. The predicted molar refractivity (Wildman–Crippen MR) is 78.6 cm³/mol. The van der Waals surface area contributed by atoms with E-state index in [-0.39, 0.29) is 6.10 Å². The third-order valence-electron chi connectivity index (χ3n) is 4.46. The van der Waals surface area contributed by atoms with Crippen molar-refractivity contribution in [3.63, 3.8) is 0 Å². The Hall–Kier alpha value is -1.87. The second-order valence-electron chi connectivity index (χ2n) is 5.74. The normalized spacial score (nSPS) is 27.6. The van der Waals surface area contributed by atoms with Crippen LogP contribution < -0.4 is 5.32 Å². The average Bonchev–Trinajstić information content (AvgIpc) is 2.97. The van der Waals surface area contributed by atoms with Crippen LogP contribution in [0, 0.1) is 12.8 Å². The van der Waals surface area contributed by atoms with Gasteiger partial charge in [0.1, 0.15) is 0 Å². The maximum atomic E-state index is 6.03. The maximum Gasteiger partial charge on any atom is 0.0896 e. The molecule has 3 heteroatoms. The summed E-state index contributed by atoms with van der Waals surface area (Å²) in [6.45, 7) is 2.99. The number of nitrogens with one attached hydrogen (secondary N) is 1. The lowest BCUT2D eigenvalue weighted by atomic mass is 9.81. The average molecular weight is 266 g/mol. The number of rotatable bonds is 1. The van der Waals surface area contributed by atoms with Gasteiger partial charge in [-0.05, 0) is 37.1 Å². The lowest BCUT2D eigenvalue weighted by Gasteiger charge is -2.36. The molecule has 1 N–H and O–H groups in total. The summed E-state index contributed by atoms with van der Waals surface area (Å²) in [5.74, 6) is 0.506. The standard InChI is InChI=1S/C17H18N2O/c1-11-2-3-15-14(10-11)17-13(6-9-20-17)16(19-15)12-4-7-18-8-5-12/h2-5,7-8,10,13,16-17,19H,6,9H2,1H3/t13-,16+,17+/m1/s1. The number of aromatic nitrogens is 1. The number of nitrogens with zero attached hydrogens (tertiary/aromatic N) is 1. The van der Waals surface area contributed by atoms with Crippen LogP contribution in [0.25, 0.3) is 0 Å². The van der Waals surface area contributed by atoms with Gasteiger partial charge in [0.25, 0.3) is 0 Å². The summed E-state index contributed by atoms with van der Waals surface area (Å²) in [7, 11) is 0. The van der Waals surface area contributed by atoms with E-state index in [9.17, 15) is 0 Å². The fourth-order valence-electron chi connectivity index (χ4n) is 3.49. The molecule has 1 fully saturated rings. The highest BCUT2D eigenvalue weighted by Crippen LogP contribution is 2.49. The van der Waals surface area contributed by atoms with Gasteiger partial charge in [0.2, 0.25) is 0 Å².